The predicted molar refractivity (Wildman–Crippen MR) is 41.7 cm³/mol. The van der Waals surface area contributed by atoms with E-state index in [2.05, 4.69) is 4.98 Å². The molecule has 60 valence electrons. The average Bonchev–Trinajstić information content (AvgIpc) is 1.97. The van der Waals surface area contributed by atoms with Crippen LogP contribution in [0.25, 0.3) is 0 Å². The molecule has 11 heavy (non-hydrogen) atoms. The van der Waals surface area contributed by atoms with E-state index in [1.54, 1.807) is 0 Å². The first kappa shape index (κ1) is 7.87. The summed E-state index contributed by atoms with van der Waals surface area (Å²) in [4.78, 5) is 23.9. The standard InChI is InChI=1S/C5H6ClN3O2/c1-9-4(10)2(6)3(7)8-5(9)11/h7H2,1H3,(H,8,11). The van der Waals surface area contributed by atoms with Gasteiger partial charge in [0.2, 0.25) is 0 Å². The van der Waals surface area contributed by atoms with E-state index >= 15 is 0 Å². The maximum atomic E-state index is 10.9. The van der Waals surface area contributed by atoms with Crippen molar-refractivity contribution in [2.24, 2.45) is 7.05 Å². The van der Waals surface area contributed by atoms with E-state index in [9.17, 15) is 9.59 Å². The monoisotopic (exact) mass is 175 g/mol. The van der Waals surface area contributed by atoms with E-state index in [4.69, 9.17) is 17.3 Å². The zero-order valence-corrected chi connectivity index (χ0v) is 6.47. The summed E-state index contributed by atoms with van der Waals surface area (Å²) < 4.78 is 0.846. The van der Waals surface area contributed by atoms with Crippen LogP contribution in [-0.2, 0) is 7.05 Å². The molecular formula is C5H6ClN3O2. The molecule has 0 aliphatic heterocycles. The SMILES string of the molecule is Cn1c(=O)[nH]c(N)c(Cl)c1=O. The summed E-state index contributed by atoms with van der Waals surface area (Å²) in [6, 6.07) is 0. The Labute approximate surface area is 66.4 Å². The number of hydrogen-bond acceptors (Lipinski definition) is 3. The maximum absolute atomic E-state index is 10.9. The molecule has 1 rings (SSSR count). The topological polar surface area (TPSA) is 80.9 Å². The van der Waals surface area contributed by atoms with Gasteiger partial charge in [-0.05, 0) is 0 Å². The Hall–Kier alpha value is -1.23. The molecular weight excluding hydrogens is 170 g/mol. The van der Waals surface area contributed by atoms with Crippen molar-refractivity contribution in [1.29, 1.82) is 0 Å². The number of H-pyrrole nitrogens is 1. The normalized spacial score (nSPS) is 10.0. The van der Waals surface area contributed by atoms with Crippen LogP contribution < -0.4 is 17.0 Å². The van der Waals surface area contributed by atoms with E-state index < -0.39 is 11.2 Å². The zero-order chi connectivity index (χ0) is 8.59. The summed E-state index contributed by atoms with van der Waals surface area (Å²) in [6.45, 7) is 0. The lowest BCUT2D eigenvalue weighted by Crippen LogP contribution is -2.33. The molecule has 0 saturated carbocycles. The minimum atomic E-state index is -0.590. The second kappa shape index (κ2) is 2.43. The Balaban J connectivity index is 3.74. The third-order valence-corrected chi connectivity index (χ3v) is 1.64. The Morgan fingerprint density at radius 2 is 2.09 bits per heavy atom. The van der Waals surface area contributed by atoms with Gasteiger partial charge in [-0.1, -0.05) is 11.6 Å². The van der Waals surface area contributed by atoms with Gasteiger partial charge in [-0.25, -0.2) is 4.79 Å². The Bertz CT molecular complexity index is 392. The van der Waals surface area contributed by atoms with Crippen molar-refractivity contribution in [2.45, 2.75) is 0 Å². The highest BCUT2D eigenvalue weighted by Gasteiger charge is 2.05. The van der Waals surface area contributed by atoms with Gasteiger partial charge < -0.3 is 5.73 Å². The maximum Gasteiger partial charge on any atom is 0.329 e. The first-order valence-corrected chi connectivity index (χ1v) is 3.16. The van der Waals surface area contributed by atoms with Crippen LogP contribution in [0, 0.1) is 0 Å². The lowest BCUT2D eigenvalue weighted by Gasteiger charge is -1.98. The molecule has 0 bridgehead atoms. The first-order chi connectivity index (χ1) is 5.04. The number of anilines is 1. The van der Waals surface area contributed by atoms with Gasteiger partial charge in [-0.3, -0.25) is 14.3 Å². The summed E-state index contributed by atoms with van der Waals surface area (Å²) in [6.07, 6.45) is 0. The van der Waals surface area contributed by atoms with Crippen molar-refractivity contribution < 1.29 is 0 Å². The van der Waals surface area contributed by atoms with Crippen LogP contribution in [0.4, 0.5) is 5.82 Å². The fourth-order valence-electron chi connectivity index (χ4n) is 0.609. The number of rotatable bonds is 0. The van der Waals surface area contributed by atoms with Gasteiger partial charge in [0.05, 0.1) is 0 Å². The number of halogens is 1. The molecule has 1 aromatic heterocycles. The van der Waals surface area contributed by atoms with Crippen LogP contribution in [0.3, 0.4) is 0 Å². The number of nitrogens with two attached hydrogens (primary N) is 1. The number of nitrogens with one attached hydrogen (secondary N) is 1. The van der Waals surface area contributed by atoms with Gasteiger partial charge >= 0.3 is 5.69 Å². The fraction of sp³-hybridized carbons (Fsp3) is 0.200. The summed E-state index contributed by atoms with van der Waals surface area (Å²) in [5, 5.41) is -0.160. The van der Waals surface area contributed by atoms with Gasteiger partial charge in [0.1, 0.15) is 10.8 Å². The summed E-state index contributed by atoms with van der Waals surface area (Å²) in [7, 11) is 1.31. The molecule has 0 amide bonds. The highest BCUT2D eigenvalue weighted by Crippen LogP contribution is 2.05. The molecule has 0 aliphatic carbocycles. The summed E-state index contributed by atoms with van der Waals surface area (Å²) >= 11 is 5.43. The van der Waals surface area contributed by atoms with Crippen molar-refractivity contribution in [3.8, 4) is 0 Å². The van der Waals surface area contributed by atoms with Crippen molar-refractivity contribution in [1.82, 2.24) is 9.55 Å². The number of hydrogen-bond donors (Lipinski definition) is 2. The predicted octanol–water partition coefficient (Wildman–Crippen LogP) is -0.691. The Kier molecular flexibility index (Phi) is 1.74. The molecule has 1 heterocycles. The van der Waals surface area contributed by atoms with Gasteiger partial charge in [-0.15, -0.1) is 0 Å². The quantitative estimate of drug-likeness (QED) is 0.548. The third-order valence-electron chi connectivity index (χ3n) is 1.28. The first-order valence-electron chi connectivity index (χ1n) is 2.78. The molecule has 0 saturated heterocycles. The van der Waals surface area contributed by atoms with Gasteiger partial charge in [0.15, 0.2) is 0 Å². The van der Waals surface area contributed by atoms with E-state index in [-0.39, 0.29) is 10.8 Å². The van der Waals surface area contributed by atoms with Gasteiger partial charge in [0, 0.05) is 7.05 Å². The zero-order valence-electron chi connectivity index (χ0n) is 5.72. The van der Waals surface area contributed by atoms with Crippen molar-refractivity contribution in [3.05, 3.63) is 25.9 Å². The second-order valence-corrected chi connectivity index (χ2v) is 2.40. The smallest absolute Gasteiger partial charge is 0.329 e. The Morgan fingerprint density at radius 3 is 2.64 bits per heavy atom. The second-order valence-electron chi connectivity index (χ2n) is 2.02. The Morgan fingerprint density at radius 1 is 1.55 bits per heavy atom. The van der Waals surface area contributed by atoms with E-state index in [1.165, 1.54) is 7.05 Å². The minimum absolute atomic E-state index is 0.0974. The van der Waals surface area contributed by atoms with Crippen LogP contribution in [-0.4, -0.2) is 9.55 Å². The summed E-state index contributed by atoms with van der Waals surface area (Å²) in [5.74, 6) is -0.0974. The largest absolute Gasteiger partial charge is 0.384 e. The minimum Gasteiger partial charge on any atom is -0.384 e. The molecule has 0 fully saturated rings. The molecule has 0 atom stereocenters. The summed E-state index contributed by atoms with van der Waals surface area (Å²) in [5.41, 5.74) is 4.03. The van der Waals surface area contributed by atoms with Gasteiger partial charge in [-0.2, -0.15) is 0 Å². The molecule has 1 aromatic rings. The highest BCUT2D eigenvalue weighted by atomic mass is 35.5. The lowest BCUT2D eigenvalue weighted by molar-refractivity contribution is 0.779. The van der Waals surface area contributed by atoms with E-state index in [0.717, 1.165) is 4.57 Å². The number of nitrogen functional groups attached to an aromatic ring is 1. The van der Waals surface area contributed by atoms with Crippen molar-refractivity contribution in [2.75, 3.05) is 5.73 Å². The lowest BCUT2D eigenvalue weighted by atomic mass is 10.6. The number of nitrogens with zero attached hydrogens (tertiary/aromatic N) is 1. The molecule has 0 radical (unpaired) electrons. The molecule has 0 aliphatic rings. The molecule has 0 spiro atoms. The van der Waals surface area contributed by atoms with Crippen molar-refractivity contribution >= 4 is 17.4 Å². The fourth-order valence-corrected chi connectivity index (χ4v) is 0.783. The number of aromatic nitrogens is 2. The molecule has 6 heteroatoms. The van der Waals surface area contributed by atoms with Gasteiger partial charge in [0.25, 0.3) is 5.56 Å². The number of aromatic amines is 1. The van der Waals surface area contributed by atoms with E-state index in [1.807, 2.05) is 0 Å². The van der Waals surface area contributed by atoms with Crippen LogP contribution in [0.15, 0.2) is 9.59 Å². The van der Waals surface area contributed by atoms with Crippen molar-refractivity contribution in [3.63, 3.8) is 0 Å². The molecule has 0 aromatic carbocycles. The third kappa shape index (κ3) is 1.14. The van der Waals surface area contributed by atoms with Crippen LogP contribution in [0.2, 0.25) is 5.02 Å². The average molecular weight is 176 g/mol. The van der Waals surface area contributed by atoms with Crippen LogP contribution >= 0.6 is 11.6 Å². The molecule has 5 nitrogen and oxygen atoms in total. The highest BCUT2D eigenvalue weighted by molar-refractivity contribution is 6.32. The van der Waals surface area contributed by atoms with E-state index in [0.29, 0.717) is 0 Å². The molecule has 3 N–H and O–H groups in total. The molecule has 0 unspecified atom stereocenters. The van der Waals surface area contributed by atoms with Crippen LogP contribution in [0.5, 0.6) is 0 Å². The van der Waals surface area contributed by atoms with Crippen LogP contribution in [0.1, 0.15) is 0 Å².